The van der Waals surface area contributed by atoms with Crippen molar-refractivity contribution in [2.24, 2.45) is 0 Å². The van der Waals surface area contributed by atoms with Crippen LogP contribution in [0.5, 0.6) is 0 Å². The number of rotatable bonds is 6. The number of nitrogens with zero attached hydrogens (tertiary/aromatic N) is 2. The van der Waals surface area contributed by atoms with Crippen LogP contribution in [-0.2, 0) is 17.9 Å². The van der Waals surface area contributed by atoms with Crippen molar-refractivity contribution in [3.63, 3.8) is 0 Å². The van der Waals surface area contributed by atoms with Gasteiger partial charge in [-0.15, -0.1) is 11.3 Å². The summed E-state index contributed by atoms with van der Waals surface area (Å²) in [6.45, 7) is 2.23. The minimum absolute atomic E-state index is 0.0331. The van der Waals surface area contributed by atoms with Crippen LogP contribution in [0.25, 0.3) is 0 Å². The number of aliphatic hydroxyl groups is 1. The van der Waals surface area contributed by atoms with Crippen LogP contribution in [0.2, 0.25) is 0 Å². The fourth-order valence-electron chi connectivity index (χ4n) is 2.34. The number of carbonyl (C=O) groups is 1. The van der Waals surface area contributed by atoms with Crippen molar-refractivity contribution in [1.29, 1.82) is 0 Å². The highest BCUT2D eigenvalue weighted by Crippen LogP contribution is 2.33. The van der Waals surface area contributed by atoms with Gasteiger partial charge in [0.1, 0.15) is 0 Å². The van der Waals surface area contributed by atoms with Crippen LogP contribution in [0.15, 0.2) is 29.6 Å². The van der Waals surface area contributed by atoms with Crippen LogP contribution >= 0.6 is 11.3 Å². The first-order valence-corrected chi connectivity index (χ1v) is 8.23. The number of thiazole rings is 1. The molecule has 0 atom stereocenters. The molecule has 1 heterocycles. The molecule has 1 saturated carbocycles. The second-order valence-electron chi connectivity index (χ2n) is 5.45. The molecule has 22 heavy (non-hydrogen) atoms. The van der Waals surface area contributed by atoms with Crippen molar-refractivity contribution in [2.45, 2.75) is 39.0 Å². The molecule has 116 valence electrons. The van der Waals surface area contributed by atoms with Crippen molar-refractivity contribution in [2.75, 3.05) is 10.2 Å². The molecule has 2 N–H and O–H groups in total. The highest BCUT2D eigenvalue weighted by Gasteiger charge is 2.33. The normalized spacial score (nSPS) is 13.9. The molecule has 1 aliphatic carbocycles. The fraction of sp³-hybridized carbons (Fsp3) is 0.375. The number of hydrogen-bond donors (Lipinski definition) is 2. The van der Waals surface area contributed by atoms with Crippen LogP contribution in [0.3, 0.4) is 0 Å². The molecule has 6 heteroatoms. The molecular weight excluding hydrogens is 298 g/mol. The van der Waals surface area contributed by atoms with Gasteiger partial charge in [0.25, 0.3) is 0 Å². The van der Waals surface area contributed by atoms with Crippen molar-refractivity contribution in [3.8, 4) is 0 Å². The number of nitrogens with one attached hydrogen (secondary N) is 1. The Balaban J connectivity index is 1.65. The first-order valence-electron chi connectivity index (χ1n) is 7.35. The average molecular weight is 317 g/mol. The summed E-state index contributed by atoms with van der Waals surface area (Å²) in [4.78, 5) is 18.1. The SMILES string of the molecule is CC(=O)N(c1nc(CNc2cccc(CO)c2)cs1)C1CC1. The monoisotopic (exact) mass is 317 g/mol. The average Bonchev–Trinajstić information content (AvgIpc) is 3.23. The topological polar surface area (TPSA) is 65.5 Å². The predicted molar refractivity (Wildman–Crippen MR) is 88.0 cm³/mol. The smallest absolute Gasteiger partial charge is 0.225 e. The lowest BCUT2D eigenvalue weighted by atomic mass is 10.2. The first-order chi connectivity index (χ1) is 10.7. The van der Waals surface area contributed by atoms with Gasteiger partial charge in [-0.05, 0) is 30.5 Å². The third-order valence-corrected chi connectivity index (χ3v) is 4.47. The van der Waals surface area contributed by atoms with Gasteiger partial charge in [-0.3, -0.25) is 9.69 Å². The van der Waals surface area contributed by atoms with Crippen LogP contribution < -0.4 is 10.2 Å². The van der Waals surface area contributed by atoms with Crippen molar-refractivity contribution < 1.29 is 9.90 Å². The molecule has 0 unspecified atom stereocenters. The van der Waals surface area contributed by atoms with Gasteiger partial charge in [0.05, 0.1) is 18.8 Å². The Hall–Kier alpha value is -1.92. The molecule has 1 aromatic carbocycles. The second kappa shape index (κ2) is 6.46. The Morgan fingerprint density at radius 1 is 1.50 bits per heavy atom. The van der Waals surface area contributed by atoms with E-state index in [1.807, 2.05) is 29.6 Å². The summed E-state index contributed by atoms with van der Waals surface area (Å²) < 4.78 is 0. The minimum Gasteiger partial charge on any atom is -0.392 e. The summed E-state index contributed by atoms with van der Waals surface area (Å²) in [6.07, 6.45) is 2.14. The highest BCUT2D eigenvalue weighted by atomic mass is 32.1. The van der Waals surface area contributed by atoms with Gasteiger partial charge in [0.15, 0.2) is 5.13 Å². The lowest BCUT2D eigenvalue weighted by Crippen LogP contribution is -2.30. The number of anilines is 2. The van der Waals surface area contributed by atoms with E-state index in [4.69, 9.17) is 5.11 Å². The number of aromatic nitrogens is 1. The van der Waals surface area contributed by atoms with E-state index in [2.05, 4.69) is 10.3 Å². The fourth-order valence-corrected chi connectivity index (χ4v) is 3.28. The molecule has 3 rings (SSSR count). The molecule has 1 fully saturated rings. The number of carbonyl (C=O) groups excluding carboxylic acids is 1. The van der Waals surface area contributed by atoms with E-state index in [0.717, 1.165) is 34.9 Å². The number of benzene rings is 1. The zero-order chi connectivity index (χ0) is 15.5. The number of aliphatic hydroxyl groups excluding tert-OH is 1. The maximum absolute atomic E-state index is 11.7. The summed E-state index contributed by atoms with van der Waals surface area (Å²) in [7, 11) is 0. The lowest BCUT2D eigenvalue weighted by Gasteiger charge is -2.16. The summed E-state index contributed by atoms with van der Waals surface area (Å²) in [5, 5.41) is 15.2. The Kier molecular flexibility index (Phi) is 4.40. The summed E-state index contributed by atoms with van der Waals surface area (Å²) in [5.74, 6) is 0.0620. The van der Waals surface area contributed by atoms with E-state index in [-0.39, 0.29) is 12.5 Å². The predicted octanol–water partition coefficient (Wildman–Crippen LogP) is 2.76. The van der Waals surface area contributed by atoms with Crippen LogP contribution in [-0.4, -0.2) is 22.0 Å². The van der Waals surface area contributed by atoms with E-state index in [1.165, 1.54) is 11.3 Å². The third kappa shape index (κ3) is 3.45. The highest BCUT2D eigenvalue weighted by molar-refractivity contribution is 7.14. The quantitative estimate of drug-likeness (QED) is 0.860. The molecule has 5 nitrogen and oxygen atoms in total. The van der Waals surface area contributed by atoms with Gasteiger partial charge < -0.3 is 10.4 Å². The Labute approximate surface area is 133 Å². The molecule has 0 spiro atoms. The van der Waals surface area contributed by atoms with Crippen molar-refractivity contribution >= 4 is 28.1 Å². The van der Waals surface area contributed by atoms with Crippen LogP contribution in [0.1, 0.15) is 31.0 Å². The minimum atomic E-state index is 0.0331. The zero-order valence-corrected chi connectivity index (χ0v) is 13.3. The number of hydrogen-bond acceptors (Lipinski definition) is 5. The Morgan fingerprint density at radius 2 is 2.32 bits per heavy atom. The van der Waals surface area contributed by atoms with Crippen molar-refractivity contribution in [3.05, 3.63) is 40.9 Å². The van der Waals surface area contributed by atoms with Gasteiger partial charge in [0.2, 0.25) is 5.91 Å². The van der Waals surface area contributed by atoms with E-state index in [9.17, 15) is 4.79 Å². The molecule has 1 amide bonds. The van der Waals surface area contributed by atoms with E-state index in [0.29, 0.717) is 12.6 Å². The van der Waals surface area contributed by atoms with E-state index < -0.39 is 0 Å². The second-order valence-corrected chi connectivity index (χ2v) is 6.29. The van der Waals surface area contributed by atoms with Gasteiger partial charge >= 0.3 is 0 Å². The molecule has 1 aromatic heterocycles. The molecule has 0 bridgehead atoms. The molecule has 0 aliphatic heterocycles. The molecule has 0 saturated heterocycles. The summed E-state index contributed by atoms with van der Waals surface area (Å²) in [5.41, 5.74) is 2.74. The summed E-state index contributed by atoms with van der Waals surface area (Å²) in [6, 6.07) is 8.00. The Bertz CT molecular complexity index is 667. The third-order valence-electron chi connectivity index (χ3n) is 3.58. The van der Waals surface area contributed by atoms with Gasteiger partial charge in [0, 0.05) is 24.0 Å². The van der Waals surface area contributed by atoms with Gasteiger partial charge in [-0.25, -0.2) is 4.98 Å². The molecule has 1 aliphatic rings. The summed E-state index contributed by atoms with van der Waals surface area (Å²) >= 11 is 1.51. The lowest BCUT2D eigenvalue weighted by molar-refractivity contribution is -0.116. The zero-order valence-electron chi connectivity index (χ0n) is 12.5. The molecular formula is C16H19N3O2S. The maximum Gasteiger partial charge on any atom is 0.225 e. The van der Waals surface area contributed by atoms with Gasteiger partial charge in [-0.2, -0.15) is 0 Å². The number of amides is 1. The first kappa shape index (κ1) is 15.0. The van der Waals surface area contributed by atoms with Crippen LogP contribution in [0, 0.1) is 0 Å². The molecule has 0 radical (unpaired) electrons. The largest absolute Gasteiger partial charge is 0.392 e. The standard InChI is InChI=1S/C16H19N3O2S/c1-11(21)19(15-5-6-15)16-18-14(10-22-16)8-17-13-4-2-3-12(7-13)9-20/h2-4,7,10,15,17,20H,5-6,8-9H2,1H3. The van der Waals surface area contributed by atoms with E-state index >= 15 is 0 Å². The van der Waals surface area contributed by atoms with Gasteiger partial charge in [-0.1, -0.05) is 12.1 Å². The van der Waals surface area contributed by atoms with Crippen molar-refractivity contribution in [1.82, 2.24) is 4.98 Å². The maximum atomic E-state index is 11.7. The van der Waals surface area contributed by atoms with Crippen LogP contribution in [0.4, 0.5) is 10.8 Å². The Morgan fingerprint density at radius 3 is 3.00 bits per heavy atom. The molecule has 2 aromatic rings. The van der Waals surface area contributed by atoms with E-state index in [1.54, 1.807) is 11.8 Å².